The van der Waals surface area contributed by atoms with Crippen molar-refractivity contribution in [3.05, 3.63) is 60.8 Å². The topological polar surface area (TPSA) is 12.0 Å². The first-order valence-corrected chi connectivity index (χ1v) is 7.43. The number of nitrogens with one attached hydrogen (secondary N) is 1. The second-order valence-corrected chi connectivity index (χ2v) is 6.21. The third-order valence-electron chi connectivity index (χ3n) is 2.34. The third kappa shape index (κ3) is 3.83. The lowest BCUT2D eigenvalue weighted by Crippen LogP contribution is -2.00. The summed E-state index contributed by atoms with van der Waals surface area (Å²) in [6.07, 6.45) is 0. The highest BCUT2D eigenvalue weighted by Gasteiger charge is 2.01. The van der Waals surface area contributed by atoms with Crippen molar-refractivity contribution in [2.24, 2.45) is 0 Å². The van der Waals surface area contributed by atoms with Crippen LogP contribution in [0.25, 0.3) is 0 Å². The number of benzene rings is 2. The minimum atomic E-state index is -0.315. The lowest BCUT2D eigenvalue weighted by atomic mass is 10.2. The summed E-state index contributed by atoms with van der Waals surface area (Å²) in [5.41, 5.74) is 1.81. The number of anilines is 1. The van der Waals surface area contributed by atoms with Gasteiger partial charge in [-0.15, -0.1) is 0 Å². The summed E-state index contributed by atoms with van der Waals surface area (Å²) in [6, 6.07) is 10.5. The molecule has 0 aliphatic heterocycles. The highest BCUT2D eigenvalue weighted by molar-refractivity contribution is 14.1. The van der Waals surface area contributed by atoms with Crippen molar-refractivity contribution in [3.8, 4) is 0 Å². The number of halogens is 4. The van der Waals surface area contributed by atoms with E-state index in [4.69, 9.17) is 11.6 Å². The molecule has 18 heavy (non-hydrogen) atoms. The molecule has 2 rings (SSSR count). The fourth-order valence-electron chi connectivity index (χ4n) is 1.52. The van der Waals surface area contributed by atoms with E-state index in [2.05, 4.69) is 43.8 Å². The van der Waals surface area contributed by atoms with Gasteiger partial charge >= 0.3 is 0 Å². The smallest absolute Gasteiger partial charge is 0.125 e. The third-order valence-corrected chi connectivity index (χ3v) is 4.88. The molecule has 94 valence electrons. The average Bonchev–Trinajstić information content (AvgIpc) is 2.29. The maximum absolute atomic E-state index is 13.2. The molecule has 2 aromatic carbocycles. The van der Waals surface area contributed by atoms with Gasteiger partial charge in [0, 0.05) is 25.3 Å². The summed E-state index contributed by atoms with van der Waals surface area (Å²) in [5, 5.41) is 3.65. The maximum atomic E-state index is 13.2. The Morgan fingerprint density at radius 2 is 2.00 bits per heavy atom. The van der Waals surface area contributed by atoms with E-state index in [-0.39, 0.29) is 5.82 Å². The summed E-state index contributed by atoms with van der Waals surface area (Å²) < 4.78 is 15.3. The van der Waals surface area contributed by atoms with Gasteiger partial charge in [-0.05, 0) is 80.5 Å². The average molecular weight is 440 g/mol. The van der Waals surface area contributed by atoms with Gasteiger partial charge in [0.2, 0.25) is 0 Å². The Hall–Kier alpha value is -0.330. The molecule has 0 radical (unpaired) electrons. The zero-order chi connectivity index (χ0) is 13.1. The Morgan fingerprint density at radius 3 is 2.67 bits per heavy atom. The van der Waals surface area contributed by atoms with Gasteiger partial charge in [0.1, 0.15) is 5.82 Å². The highest BCUT2D eigenvalue weighted by Crippen LogP contribution is 2.23. The quantitative estimate of drug-likeness (QED) is 0.625. The fourth-order valence-corrected chi connectivity index (χ4v) is 2.53. The second-order valence-electron chi connectivity index (χ2n) is 3.76. The van der Waals surface area contributed by atoms with Crippen LogP contribution in [0.2, 0.25) is 5.02 Å². The van der Waals surface area contributed by atoms with Gasteiger partial charge in [0.25, 0.3) is 0 Å². The van der Waals surface area contributed by atoms with Crippen molar-refractivity contribution in [1.82, 2.24) is 0 Å². The Morgan fingerprint density at radius 1 is 1.22 bits per heavy atom. The molecule has 0 bridgehead atoms. The molecule has 0 fully saturated rings. The first kappa shape index (κ1) is 14.1. The van der Waals surface area contributed by atoms with Crippen LogP contribution in [0.3, 0.4) is 0 Å². The molecule has 0 atom stereocenters. The van der Waals surface area contributed by atoms with Crippen molar-refractivity contribution in [2.75, 3.05) is 5.32 Å². The minimum absolute atomic E-state index is 0.315. The van der Waals surface area contributed by atoms with Crippen LogP contribution in [0.1, 0.15) is 5.56 Å². The molecule has 0 aromatic heterocycles. The van der Waals surface area contributed by atoms with Crippen LogP contribution < -0.4 is 5.32 Å². The van der Waals surface area contributed by atoms with Gasteiger partial charge in [-0.2, -0.15) is 0 Å². The van der Waals surface area contributed by atoms with E-state index in [1.165, 1.54) is 12.1 Å². The molecule has 0 heterocycles. The molecule has 0 aliphatic rings. The van der Waals surface area contributed by atoms with Crippen LogP contribution in [0, 0.1) is 9.39 Å². The van der Waals surface area contributed by atoms with E-state index in [1.807, 2.05) is 18.2 Å². The van der Waals surface area contributed by atoms with E-state index in [0.29, 0.717) is 11.6 Å². The highest BCUT2D eigenvalue weighted by atomic mass is 127. The van der Waals surface area contributed by atoms with Crippen LogP contribution in [-0.2, 0) is 6.54 Å². The van der Waals surface area contributed by atoms with Crippen molar-refractivity contribution in [2.45, 2.75) is 6.54 Å². The molecule has 0 saturated carbocycles. The normalized spacial score (nSPS) is 10.4. The van der Waals surface area contributed by atoms with E-state index in [1.54, 1.807) is 6.07 Å². The molecular weight excluding hydrogens is 431 g/mol. The molecular formula is C13H9BrClFIN. The van der Waals surface area contributed by atoms with Crippen molar-refractivity contribution >= 4 is 55.8 Å². The number of hydrogen-bond acceptors (Lipinski definition) is 1. The molecule has 0 aliphatic carbocycles. The summed E-state index contributed by atoms with van der Waals surface area (Å²) >= 11 is 11.5. The van der Waals surface area contributed by atoms with Crippen LogP contribution in [0.5, 0.6) is 0 Å². The number of rotatable bonds is 3. The largest absolute Gasteiger partial charge is 0.381 e. The first-order valence-electron chi connectivity index (χ1n) is 5.18. The summed E-state index contributed by atoms with van der Waals surface area (Å²) in [4.78, 5) is 0. The van der Waals surface area contributed by atoms with Crippen LogP contribution >= 0.6 is 50.1 Å². The SMILES string of the molecule is Fc1cc(Cl)cc(CNc2ccc(Br)c(I)c2)c1. The Balaban J connectivity index is 2.08. The zero-order valence-electron chi connectivity index (χ0n) is 9.18. The minimum Gasteiger partial charge on any atom is -0.381 e. The van der Waals surface area contributed by atoms with Crippen molar-refractivity contribution in [3.63, 3.8) is 0 Å². The molecule has 0 saturated heterocycles. The lowest BCUT2D eigenvalue weighted by Gasteiger charge is -2.08. The number of hydrogen-bond donors (Lipinski definition) is 1. The molecule has 1 N–H and O–H groups in total. The Labute approximate surface area is 132 Å². The molecule has 0 unspecified atom stereocenters. The van der Waals surface area contributed by atoms with Crippen molar-refractivity contribution in [1.29, 1.82) is 0 Å². The standard InChI is InChI=1S/C13H9BrClFIN/c14-12-2-1-11(6-13(12)17)18-7-8-3-9(15)5-10(16)4-8/h1-6,18H,7H2. The van der Waals surface area contributed by atoms with Gasteiger partial charge in [-0.25, -0.2) is 4.39 Å². The fraction of sp³-hybridized carbons (Fsp3) is 0.0769. The Bertz CT molecular complexity index is 557. The maximum Gasteiger partial charge on any atom is 0.125 e. The molecule has 0 spiro atoms. The predicted octanol–water partition coefficient (Wildman–Crippen LogP) is 5.46. The molecule has 1 nitrogen and oxygen atoms in total. The predicted molar refractivity (Wildman–Crippen MR) is 85.6 cm³/mol. The van der Waals surface area contributed by atoms with Gasteiger partial charge < -0.3 is 5.32 Å². The molecule has 2 aromatic rings. The van der Waals surface area contributed by atoms with Gasteiger partial charge in [0.05, 0.1) is 0 Å². The van der Waals surface area contributed by atoms with Crippen LogP contribution in [0.4, 0.5) is 10.1 Å². The van der Waals surface area contributed by atoms with E-state index in [9.17, 15) is 4.39 Å². The first-order chi connectivity index (χ1) is 8.54. The van der Waals surface area contributed by atoms with Crippen LogP contribution in [-0.4, -0.2) is 0 Å². The summed E-state index contributed by atoms with van der Waals surface area (Å²) in [6.45, 7) is 0.537. The Kier molecular flexibility index (Phi) is 4.86. The van der Waals surface area contributed by atoms with E-state index >= 15 is 0 Å². The van der Waals surface area contributed by atoms with Gasteiger partial charge in [-0.3, -0.25) is 0 Å². The summed E-state index contributed by atoms with van der Waals surface area (Å²) in [7, 11) is 0. The lowest BCUT2D eigenvalue weighted by molar-refractivity contribution is 0.626. The second kappa shape index (κ2) is 6.21. The van der Waals surface area contributed by atoms with Gasteiger partial charge in [-0.1, -0.05) is 11.6 Å². The molecule has 0 amide bonds. The molecule has 5 heteroatoms. The van der Waals surface area contributed by atoms with Crippen LogP contribution in [0.15, 0.2) is 40.9 Å². The monoisotopic (exact) mass is 439 g/mol. The van der Waals surface area contributed by atoms with Crippen molar-refractivity contribution < 1.29 is 4.39 Å². The summed E-state index contributed by atoms with van der Waals surface area (Å²) in [5.74, 6) is -0.315. The van der Waals surface area contributed by atoms with E-state index < -0.39 is 0 Å². The van der Waals surface area contributed by atoms with E-state index in [0.717, 1.165) is 19.3 Å². The zero-order valence-corrected chi connectivity index (χ0v) is 13.7. The van der Waals surface area contributed by atoms with Gasteiger partial charge in [0.15, 0.2) is 0 Å².